The third-order valence-corrected chi connectivity index (χ3v) is 4.26. The summed E-state index contributed by atoms with van der Waals surface area (Å²) >= 11 is 4.88. The van der Waals surface area contributed by atoms with Gasteiger partial charge in [0.25, 0.3) is 0 Å². The second-order valence-electron chi connectivity index (χ2n) is 3.93. The summed E-state index contributed by atoms with van der Waals surface area (Å²) in [6.45, 7) is 0.657. The Hall–Kier alpha value is -1.34. The number of hydrogen-bond donors (Lipinski definition) is 0. The molecule has 1 aliphatic rings. The monoisotopic (exact) mass is 324 g/mol. The molecule has 18 heavy (non-hydrogen) atoms. The maximum atomic E-state index is 11.8. The van der Waals surface area contributed by atoms with Gasteiger partial charge < -0.3 is 0 Å². The third-order valence-electron chi connectivity index (χ3n) is 2.65. The van der Waals surface area contributed by atoms with Crippen molar-refractivity contribution in [3.8, 4) is 10.6 Å². The fourth-order valence-corrected chi connectivity index (χ4v) is 3.23. The van der Waals surface area contributed by atoms with E-state index in [1.54, 1.807) is 17.3 Å². The fraction of sp³-hybridized carbons (Fsp3) is 0.273. The van der Waals surface area contributed by atoms with Crippen LogP contribution >= 0.6 is 27.3 Å². The molecule has 2 aromatic rings. The summed E-state index contributed by atoms with van der Waals surface area (Å²) in [5.41, 5.74) is 0.968. The number of carbonyl (C=O) groups is 1. The minimum absolute atomic E-state index is 0.0919. The van der Waals surface area contributed by atoms with Crippen LogP contribution in [0.15, 0.2) is 24.5 Å². The van der Waals surface area contributed by atoms with Crippen molar-refractivity contribution < 1.29 is 4.79 Å². The van der Waals surface area contributed by atoms with Crippen LogP contribution in [0.2, 0.25) is 0 Å². The molecule has 1 unspecified atom stereocenters. The fourth-order valence-electron chi connectivity index (χ4n) is 1.78. The number of rotatable bonds is 2. The zero-order valence-corrected chi connectivity index (χ0v) is 11.7. The van der Waals surface area contributed by atoms with Crippen molar-refractivity contribution in [2.24, 2.45) is 0 Å². The Labute approximate surface area is 116 Å². The van der Waals surface area contributed by atoms with E-state index in [0.717, 1.165) is 10.6 Å². The van der Waals surface area contributed by atoms with E-state index in [0.29, 0.717) is 18.1 Å². The summed E-state index contributed by atoms with van der Waals surface area (Å²) in [7, 11) is 0. The topological polar surface area (TPSA) is 59.0 Å². The van der Waals surface area contributed by atoms with Gasteiger partial charge in [-0.1, -0.05) is 27.3 Å². The second-order valence-corrected chi connectivity index (χ2v) is 6.18. The molecular weight excluding hydrogens is 316 g/mol. The predicted octanol–water partition coefficient (Wildman–Crippen LogP) is 2.10. The molecule has 0 spiro atoms. The molecular formula is C11H9BrN4OS. The molecule has 1 atom stereocenters. The summed E-state index contributed by atoms with van der Waals surface area (Å²) in [6, 6.07) is 3.76. The van der Waals surface area contributed by atoms with E-state index < -0.39 is 0 Å². The molecule has 1 amide bonds. The number of pyridine rings is 1. The van der Waals surface area contributed by atoms with Gasteiger partial charge in [-0.2, -0.15) is 0 Å². The molecule has 2 aromatic heterocycles. The highest BCUT2D eigenvalue weighted by molar-refractivity contribution is 9.09. The summed E-state index contributed by atoms with van der Waals surface area (Å²) in [6.07, 6.45) is 3.95. The maximum absolute atomic E-state index is 11.8. The number of nitrogens with zero attached hydrogens (tertiary/aromatic N) is 4. The maximum Gasteiger partial charge on any atom is 0.230 e. The molecule has 1 aliphatic heterocycles. The minimum Gasteiger partial charge on any atom is -0.285 e. The van der Waals surface area contributed by atoms with Gasteiger partial charge in [-0.05, 0) is 12.1 Å². The van der Waals surface area contributed by atoms with Gasteiger partial charge >= 0.3 is 0 Å². The number of anilines is 1. The van der Waals surface area contributed by atoms with E-state index in [1.165, 1.54) is 11.3 Å². The largest absolute Gasteiger partial charge is 0.285 e. The van der Waals surface area contributed by atoms with Crippen molar-refractivity contribution in [2.45, 2.75) is 11.2 Å². The third kappa shape index (κ3) is 2.15. The lowest BCUT2D eigenvalue weighted by molar-refractivity contribution is -0.117. The number of aromatic nitrogens is 3. The van der Waals surface area contributed by atoms with Gasteiger partial charge in [0, 0.05) is 35.7 Å². The van der Waals surface area contributed by atoms with Crippen LogP contribution in [0.5, 0.6) is 0 Å². The molecule has 0 aliphatic carbocycles. The highest BCUT2D eigenvalue weighted by Crippen LogP contribution is 2.31. The number of carbonyl (C=O) groups excluding carboxylic acids is 1. The smallest absolute Gasteiger partial charge is 0.230 e. The van der Waals surface area contributed by atoms with E-state index in [1.807, 2.05) is 12.1 Å². The predicted molar refractivity (Wildman–Crippen MR) is 72.8 cm³/mol. The summed E-state index contributed by atoms with van der Waals surface area (Å²) in [5.74, 6) is 0.0919. The average Bonchev–Trinajstić information content (AvgIpc) is 2.97. The first-order chi connectivity index (χ1) is 8.74. The number of amides is 1. The molecule has 1 saturated heterocycles. The lowest BCUT2D eigenvalue weighted by Gasteiger charge is -2.09. The Bertz CT molecular complexity index is 573. The Balaban J connectivity index is 1.88. The van der Waals surface area contributed by atoms with Crippen LogP contribution in [0.1, 0.15) is 6.42 Å². The Kier molecular flexibility index (Phi) is 3.09. The molecule has 3 rings (SSSR count). The quantitative estimate of drug-likeness (QED) is 0.794. The van der Waals surface area contributed by atoms with E-state index in [-0.39, 0.29) is 10.7 Å². The van der Waals surface area contributed by atoms with Crippen LogP contribution in [0.4, 0.5) is 5.13 Å². The molecule has 0 saturated carbocycles. The zero-order valence-electron chi connectivity index (χ0n) is 9.28. The second kappa shape index (κ2) is 4.74. The van der Waals surface area contributed by atoms with Crippen LogP contribution in [-0.4, -0.2) is 32.5 Å². The van der Waals surface area contributed by atoms with E-state index in [2.05, 4.69) is 31.1 Å². The van der Waals surface area contributed by atoms with Gasteiger partial charge in [0.15, 0.2) is 0 Å². The first-order valence-corrected chi connectivity index (χ1v) is 7.15. The van der Waals surface area contributed by atoms with Crippen LogP contribution in [0.25, 0.3) is 10.6 Å². The van der Waals surface area contributed by atoms with Crippen molar-refractivity contribution in [3.05, 3.63) is 24.5 Å². The minimum atomic E-state index is 0.0919. The van der Waals surface area contributed by atoms with Gasteiger partial charge in [0.1, 0.15) is 5.01 Å². The van der Waals surface area contributed by atoms with Gasteiger partial charge in [0.05, 0.1) is 0 Å². The molecule has 1 fully saturated rings. The normalized spacial score (nSPS) is 19.5. The van der Waals surface area contributed by atoms with Crippen molar-refractivity contribution in [2.75, 3.05) is 11.4 Å². The molecule has 7 heteroatoms. The van der Waals surface area contributed by atoms with Crippen molar-refractivity contribution in [1.29, 1.82) is 0 Å². The Morgan fingerprint density at radius 1 is 1.33 bits per heavy atom. The number of alkyl halides is 1. The van der Waals surface area contributed by atoms with Crippen LogP contribution in [-0.2, 0) is 4.79 Å². The number of hydrogen-bond acceptors (Lipinski definition) is 5. The molecule has 92 valence electrons. The molecule has 0 N–H and O–H groups in total. The van der Waals surface area contributed by atoms with Gasteiger partial charge in [-0.15, -0.1) is 10.2 Å². The standard InChI is InChI=1S/C11H9BrN4OS/c12-8-5-9(17)16(6-8)11-15-14-10(18-11)7-1-3-13-4-2-7/h1-4,8H,5-6H2. The summed E-state index contributed by atoms with van der Waals surface area (Å²) in [4.78, 5) is 17.6. The van der Waals surface area contributed by atoms with Gasteiger partial charge in [0.2, 0.25) is 11.0 Å². The molecule has 0 bridgehead atoms. The van der Waals surface area contributed by atoms with E-state index in [4.69, 9.17) is 0 Å². The van der Waals surface area contributed by atoms with E-state index >= 15 is 0 Å². The molecule has 0 radical (unpaired) electrons. The molecule has 0 aromatic carbocycles. The van der Waals surface area contributed by atoms with Crippen LogP contribution in [0, 0.1) is 0 Å². The number of halogens is 1. The van der Waals surface area contributed by atoms with Crippen molar-refractivity contribution in [1.82, 2.24) is 15.2 Å². The van der Waals surface area contributed by atoms with E-state index in [9.17, 15) is 4.79 Å². The highest BCUT2D eigenvalue weighted by Gasteiger charge is 2.31. The van der Waals surface area contributed by atoms with Crippen LogP contribution < -0.4 is 4.90 Å². The van der Waals surface area contributed by atoms with Crippen LogP contribution in [0.3, 0.4) is 0 Å². The first kappa shape index (κ1) is 11.7. The summed E-state index contributed by atoms with van der Waals surface area (Å²) < 4.78 is 0. The SMILES string of the molecule is O=C1CC(Br)CN1c1nnc(-c2ccncc2)s1. The van der Waals surface area contributed by atoms with Gasteiger partial charge in [-0.3, -0.25) is 14.7 Å². The molecule has 5 nitrogen and oxygen atoms in total. The van der Waals surface area contributed by atoms with Crippen molar-refractivity contribution >= 4 is 38.3 Å². The lowest BCUT2D eigenvalue weighted by atomic mass is 10.3. The Morgan fingerprint density at radius 3 is 2.78 bits per heavy atom. The molecule has 3 heterocycles. The zero-order chi connectivity index (χ0) is 12.5. The first-order valence-electron chi connectivity index (χ1n) is 5.42. The lowest BCUT2D eigenvalue weighted by Crippen LogP contribution is -2.24. The van der Waals surface area contributed by atoms with Gasteiger partial charge in [-0.25, -0.2) is 0 Å². The Morgan fingerprint density at radius 2 is 2.11 bits per heavy atom. The summed E-state index contributed by atoms with van der Waals surface area (Å²) in [5, 5.41) is 9.68. The highest BCUT2D eigenvalue weighted by atomic mass is 79.9. The van der Waals surface area contributed by atoms with Crippen molar-refractivity contribution in [3.63, 3.8) is 0 Å². The average molecular weight is 325 g/mol.